The highest BCUT2D eigenvalue weighted by atomic mass is 79.9. The first-order valence-corrected chi connectivity index (χ1v) is 6.45. The fourth-order valence-electron chi connectivity index (χ4n) is 1.59. The molecule has 1 N–H and O–H groups in total. The van der Waals surface area contributed by atoms with Gasteiger partial charge in [0.05, 0.1) is 0 Å². The number of hydrogen-bond donors (Lipinski definition) is 1. The van der Waals surface area contributed by atoms with Crippen molar-refractivity contribution in [2.75, 3.05) is 5.32 Å². The first-order chi connectivity index (χ1) is 7.13. The third-order valence-corrected chi connectivity index (χ3v) is 3.17. The van der Waals surface area contributed by atoms with Crippen LogP contribution in [0.4, 0.5) is 5.69 Å². The van der Waals surface area contributed by atoms with E-state index in [-0.39, 0.29) is 0 Å². The minimum atomic E-state index is 0.545. The molecular formula is C13H20BrN. The van der Waals surface area contributed by atoms with E-state index in [4.69, 9.17) is 0 Å². The summed E-state index contributed by atoms with van der Waals surface area (Å²) in [6.45, 7) is 6.57. The number of anilines is 1. The van der Waals surface area contributed by atoms with Crippen molar-refractivity contribution in [2.45, 2.75) is 46.1 Å². The Morgan fingerprint density at radius 2 is 2.13 bits per heavy atom. The molecule has 0 bridgehead atoms. The highest BCUT2D eigenvalue weighted by molar-refractivity contribution is 9.10. The zero-order chi connectivity index (χ0) is 11.3. The monoisotopic (exact) mass is 269 g/mol. The number of aryl methyl sites for hydroxylation is 1. The van der Waals surface area contributed by atoms with Crippen LogP contribution in [-0.2, 0) is 0 Å². The summed E-state index contributed by atoms with van der Waals surface area (Å²) in [5.41, 5.74) is 2.48. The Hall–Kier alpha value is -0.500. The van der Waals surface area contributed by atoms with Crippen molar-refractivity contribution >= 4 is 21.6 Å². The van der Waals surface area contributed by atoms with Gasteiger partial charge < -0.3 is 5.32 Å². The lowest BCUT2D eigenvalue weighted by Gasteiger charge is -2.16. The van der Waals surface area contributed by atoms with Gasteiger partial charge in [0.15, 0.2) is 0 Å². The maximum absolute atomic E-state index is 3.58. The van der Waals surface area contributed by atoms with Crippen LogP contribution in [0.25, 0.3) is 0 Å². The van der Waals surface area contributed by atoms with Gasteiger partial charge in [0.1, 0.15) is 0 Å². The molecule has 0 fully saturated rings. The lowest BCUT2D eigenvalue weighted by atomic mass is 10.1. The summed E-state index contributed by atoms with van der Waals surface area (Å²) in [6.07, 6.45) is 3.79. The normalized spacial score (nSPS) is 12.5. The Morgan fingerprint density at radius 3 is 2.73 bits per heavy atom. The SMILES string of the molecule is CCCCC(C)Nc1ccc(C)cc1Br. The molecule has 0 aliphatic heterocycles. The molecule has 84 valence electrons. The van der Waals surface area contributed by atoms with E-state index in [1.165, 1.54) is 30.5 Å². The van der Waals surface area contributed by atoms with Crippen LogP contribution >= 0.6 is 15.9 Å². The van der Waals surface area contributed by atoms with Gasteiger partial charge in [0.2, 0.25) is 0 Å². The van der Waals surface area contributed by atoms with Crippen molar-refractivity contribution < 1.29 is 0 Å². The maximum Gasteiger partial charge on any atom is 0.0486 e. The summed E-state index contributed by atoms with van der Waals surface area (Å²) in [5.74, 6) is 0. The van der Waals surface area contributed by atoms with E-state index in [0.29, 0.717) is 6.04 Å². The molecule has 1 atom stereocenters. The first-order valence-electron chi connectivity index (χ1n) is 5.66. The van der Waals surface area contributed by atoms with E-state index in [9.17, 15) is 0 Å². The van der Waals surface area contributed by atoms with Crippen molar-refractivity contribution in [1.29, 1.82) is 0 Å². The molecule has 0 aliphatic rings. The largest absolute Gasteiger partial charge is 0.382 e. The quantitative estimate of drug-likeness (QED) is 0.814. The van der Waals surface area contributed by atoms with Gasteiger partial charge in [-0.3, -0.25) is 0 Å². The lowest BCUT2D eigenvalue weighted by Crippen LogP contribution is -2.15. The molecule has 1 aromatic rings. The topological polar surface area (TPSA) is 12.0 Å². The number of halogens is 1. The molecule has 0 amide bonds. The average molecular weight is 270 g/mol. The van der Waals surface area contributed by atoms with Crippen molar-refractivity contribution in [2.24, 2.45) is 0 Å². The summed E-state index contributed by atoms with van der Waals surface area (Å²) in [7, 11) is 0. The van der Waals surface area contributed by atoms with E-state index >= 15 is 0 Å². The van der Waals surface area contributed by atoms with Gasteiger partial charge in [-0.05, 0) is 53.9 Å². The Labute approximate surface area is 101 Å². The molecule has 2 heteroatoms. The fraction of sp³-hybridized carbons (Fsp3) is 0.538. The predicted molar refractivity (Wildman–Crippen MR) is 71.5 cm³/mol. The zero-order valence-corrected chi connectivity index (χ0v) is 11.4. The van der Waals surface area contributed by atoms with E-state index in [1.54, 1.807) is 0 Å². The number of hydrogen-bond acceptors (Lipinski definition) is 1. The zero-order valence-electron chi connectivity index (χ0n) is 9.81. The van der Waals surface area contributed by atoms with E-state index in [1.807, 2.05) is 0 Å². The smallest absolute Gasteiger partial charge is 0.0486 e. The second kappa shape index (κ2) is 6.16. The summed E-state index contributed by atoms with van der Waals surface area (Å²) >= 11 is 3.58. The highest BCUT2D eigenvalue weighted by Gasteiger charge is 2.04. The van der Waals surface area contributed by atoms with E-state index in [2.05, 4.69) is 60.2 Å². The standard InChI is InChI=1S/C13H20BrN/c1-4-5-6-11(3)15-13-8-7-10(2)9-12(13)14/h7-9,11,15H,4-6H2,1-3H3. The molecule has 0 aromatic heterocycles. The number of rotatable bonds is 5. The Morgan fingerprint density at radius 1 is 1.40 bits per heavy atom. The Balaban J connectivity index is 2.56. The third kappa shape index (κ3) is 4.25. The van der Waals surface area contributed by atoms with E-state index < -0.39 is 0 Å². The summed E-state index contributed by atoms with van der Waals surface area (Å²) in [5, 5.41) is 3.53. The first kappa shape index (κ1) is 12.6. The molecule has 0 heterocycles. The van der Waals surface area contributed by atoms with Crippen LogP contribution in [0.1, 0.15) is 38.7 Å². The van der Waals surface area contributed by atoms with Crippen molar-refractivity contribution in [3.05, 3.63) is 28.2 Å². The third-order valence-electron chi connectivity index (χ3n) is 2.52. The fourth-order valence-corrected chi connectivity index (χ4v) is 2.19. The molecule has 0 radical (unpaired) electrons. The molecule has 1 unspecified atom stereocenters. The van der Waals surface area contributed by atoms with Crippen molar-refractivity contribution in [3.63, 3.8) is 0 Å². The number of nitrogens with one attached hydrogen (secondary N) is 1. The summed E-state index contributed by atoms with van der Waals surface area (Å²) < 4.78 is 1.16. The van der Waals surface area contributed by atoms with Gasteiger partial charge >= 0.3 is 0 Å². The van der Waals surface area contributed by atoms with Crippen LogP contribution in [0.5, 0.6) is 0 Å². The van der Waals surface area contributed by atoms with Crippen LogP contribution in [-0.4, -0.2) is 6.04 Å². The molecule has 0 saturated carbocycles. The molecule has 15 heavy (non-hydrogen) atoms. The lowest BCUT2D eigenvalue weighted by molar-refractivity contribution is 0.645. The average Bonchev–Trinajstić information content (AvgIpc) is 2.19. The van der Waals surface area contributed by atoms with Crippen LogP contribution in [0, 0.1) is 6.92 Å². The second-order valence-electron chi connectivity index (χ2n) is 4.17. The van der Waals surface area contributed by atoms with Gasteiger partial charge in [0, 0.05) is 16.2 Å². The second-order valence-corrected chi connectivity index (χ2v) is 5.03. The molecule has 1 rings (SSSR count). The number of benzene rings is 1. The molecule has 0 spiro atoms. The summed E-state index contributed by atoms with van der Waals surface area (Å²) in [4.78, 5) is 0. The minimum absolute atomic E-state index is 0.545. The number of unbranched alkanes of at least 4 members (excludes halogenated alkanes) is 1. The van der Waals surface area contributed by atoms with Crippen LogP contribution < -0.4 is 5.32 Å². The molecule has 1 aromatic carbocycles. The van der Waals surface area contributed by atoms with Gasteiger partial charge in [0.25, 0.3) is 0 Å². The predicted octanol–water partition coefficient (Wildman–Crippen LogP) is 4.75. The molecule has 0 saturated heterocycles. The van der Waals surface area contributed by atoms with Crippen LogP contribution in [0.15, 0.2) is 22.7 Å². The van der Waals surface area contributed by atoms with Crippen LogP contribution in [0.2, 0.25) is 0 Å². The van der Waals surface area contributed by atoms with Gasteiger partial charge in [-0.25, -0.2) is 0 Å². The van der Waals surface area contributed by atoms with Crippen molar-refractivity contribution in [1.82, 2.24) is 0 Å². The molecule has 1 nitrogen and oxygen atoms in total. The summed E-state index contributed by atoms with van der Waals surface area (Å²) in [6, 6.07) is 6.97. The van der Waals surface area contributed by atoms with Crippen LogP contribution in [0.3, 0.4) is 0 Å². The Kier molecular flexibility index (Phi) is 5.16. The molecule has 0 aliphatic carbocycles. The minimum Gasteiger partial charge on any atom is -0.382 e. The van der Waals surface area contributed by atoms with E-state index in [0.717, 1.165) is 4.47 Å². The maximum atomic E-state index is 3.58. The van der Waals surface area contributed by atoms with Gasteiger partial charge in [-0.15, -0.1) is 0 Å². The van der Waals surface area contributed by atoms with Gasteiger partial charge in [-0.2, -0.15) is 0 Å². The highest BCUT2D eigenvalue weighted by Crippen LogP contribution is 2.24. The van der Waals surface area contributed by atoms with Gasteiger partial charge in [-0.1, -0.05) is 25.8 Å². The Bertz CT molecular complexity index is 309. The molecular weight excluding hydrogens is 250 g/mol. The van der Waals surface area contributed by atoms with Crippen molar-refractivity contribution in [3.8, 4) is 0 Å².